The Bertz CT molecular complexity index is 713. The van der Waals surface area contributed by atoms with Crippen LogP contribution >= 0.6 is 0 Å². The molecule has 0 spiro atoms. The van der Waals surface area contributed by atoms with Crippen molar-refractivity contribution in [3.63, 3.8) is 0 Å². The number of carbonyl (C=O) groups is 1. The molecule has 2 aromatic carbocycles. The van der Waals surface area contributed by atoms with E-state index in [9.17, 15) is 4.79 Å². The highest BCUT2D eigenvalue weighted by atomic mass is 16.5. The molecule has 146 valence electrons. The second-order valence-electron chi connectivity index (χ2n) is 7.33. The van der Waals surface area contributed by atoms with Crippen molar-refractivity contribution >= 4 is 5.91 Å². The van der Waals surface area contributed by atoms with Crippen LogP contribution in [-0.4, -0.2) is 25.7 Å². The molecule has 1 amide bonds. The first-order valence-corrected chi connectivity index (χ1v) is 9.59. The van der Waals surface area contributed by atoms with Crippen LogP contribution < -0.4 is 10.1 Å². The van der Waals surface area contributed by atoms with Crippen molar-refractivity contribution in [2.45, 2.75) is 46.3 Å². The molecule has 0 saturated carbocycles. The molecule has 0 aromatic heterocycles. The van der Waals surface area contributed by atoms with E-state index in [-0.39, 0.29) is 11.9 Å². The molecule has 0 unspecified atom stereocenters. The standard InChI is InChI=1S/C23H31NO3/c1-17(2)15-27-16-21-14-20(12-13-22(21)26-4)23(25)24-18(3)10-11-19-8-6-5-7-9-19/h5-9,12-14,17-18H,10-11,15-16H2,1-4H3,(H,24,25)/t18-/m0/s1. The number of aryl methyl sites for hydroxylation is 1. The third kappa shape index (κ3) is 7.06. The zero-order chi connectivity index (χ0) is 19.6. The van der Waals surface area contributed by atoms with Crippen molar-refractivity contribution < 1.29 is 14.3 Å². The predicted octanol–water partition coefficient (Wildman–Crippen LogP) is 4.62. The lowest BCUT2D eigenvalue weighted by molar-refractivity contribution is 0.0929. The zero-order valence-electron chi connectivity index (χ0n) is 16.8. The van der Waals surface area contributed by atoms with Crippen LogP contribution in [0.5, 0.6) is 5.75 Å². The fourth-order valence-corrected chi connectivity index (χ4v) is 2.84. The summed E-state index contributed by atoms with van der Waals surface area (Å²) in [5.41, 5.74) is 2.81. The average Bonchev–Trinajstić information content (AvgIpc) is 2.66. The molecule has 0 saturated heterocycles. The van der Waals surface area contributed by atoms with Crippen LogP contribution in [0.3, 0.4) is 0 Å². The molecule has 0 fully saturated rings. The van der Waals surface area contributed by atoms with Gasteiger partial charge in [-0.3, -0.25) is 4.79 Å². The highest BCUT2D eigenvalue weighted by Gasteiger charge is 2.13. The van der Waals surface area contributed by atoms with Crippen LogP contribution in [0.25, 0.3) is 0 Å². The van der Waals surface area contributed by atoms with E-state index in [2.05, 4.69) is 31.3 Å². The number of methoxy groups -OCH3 is 1. The van der Waals surface area contributed by atoms with E-state index < -0.39 is 0 Å². The van der Waals surface area contributed by atoms with Gasteiger partial charge in [-0.25, -0.2) is 0 Å². The monoisotopic (exact) mass is 369 g/mol. The van der Waals surface area contributed by atoms with Crippen LogP contribution in [-0.2, 0) is 17.8 Å². The van der Waals surface area contributed by atoms with E-state index in [0.29, 0.717) is 24.7 Å². The summed E-state index contributed by atoms with van der Waals surface area (Å²) in [6.07, 6.45) is 1.84. The molecule has 0 aliphatic carbocycles. The fraction of sp³-hybridized carbons (Fsp3) is 0.435. The Labute approximate surface area is 162 Å². The first-order chi connectivity index (χ1) is 13.0. The number of benzene rings is 2. The van der Waals surface area contributed by atoms with Crippen molar-refractivity contribution in [2.75, 3.05) is 13.7 Å². The van der Waals surface area contributed by atoms with Gasteiger partial charge in [-0.2, -0.15) is 0 Å². The van der Waals surface area contributed by atoms with Crippen molar-refractivity contribution in [3.8, 4) is 5.75 Å². The van der Waals surface area contributed by atoms with Gasteiger partial charge in [0.1, 0.15) is 5.75 Å². The van der Waals surface area contributed by atoms with Crippen LogP contribution in [0.15, 0.2) is 48.5 Å². The minimum absolute atomic E-state index is 0.0664. The van der Waals surface area contributed by atoms with E-state index in [1.807, 2.05) is 37.3 Å². The summed E-state index contributed by atoms with van der Waals surface area (Å²) in [4.78, 5) is 12.6. The van der Waals surface area contributed by atoms with Gasteiger partial charge in [0.25, 0.3) is 5.91 Å². The molecule has 4 heteroatoms. The molecular formula is C23H31NO3. The SMILES string of the molecule is COc1ccc(C(=O)N[C@@H](C)CCc2ccccc2)cc1COCC(C)C. The van der Waals surface area contributed by atoms with Gasteiger partial charge in [0.2, 0.25) is 0 Å². The Kier molecular flexibility index (Phi) is 8.34. The van der Waals surface area contributed by atoms with Crippen LogP contribution in [0.4, 0.5) is 0 Å². The molecule has 2 rings (SSSR count). The second-order valence-corrected chi connectivity index (χ2v) is 7.33. The van der Waals surface area contributed by atoms with E-state index in [1.54, 1.807) is 13.2 Å². The Morgan fingerprint density at radius 2 is 1.81 bits per heavy atom. The first kappa shape index (κ1) is 21.0. The predicted molar refractivity (Wildman–Crippen MR) is 109 cm³/mol. The van der Waals surface area contributed by atoms with Crippen molar-refractivity contribution in [1.29, 1.82) is 0 Å². The molecule has 0 heterocycles. The minimum atomic E-state index is -0.0664. The number of hydrogen-bond acceptors (Lipinski definition) is 3. The van der Waals surface area contributed by atoms with Gasteiger partial charge in [-0.15, -0.1) is 0 Å². The topological polar surface area (TPSA) is 47.6 Å². The molecule has 4 nitrogen and oxygen atoms in total. The molecule has 27 heavy (non-hydrogen) atoms. The molecule has 0 bridgehead atoms. The van der Waals surface area contributed by atoms with Gasteiger partial charge >= 0.3 is 0 Å². The molecular weight excluding hydrogens is 338 g/mol. The first-order valence-electron chi connectivity index (χ1n) is 9.59. The lowest BCUT2D eigenvalue weighted by Gasteiger charge is -2.16. The fourth-order valence-electron chi connectivity index (χ4n) is 2.84. The molecule has 0 aliphatic rings. The smallest absolute Gasteiger partial charge is 0.251 e. The van der Waals surface area contributed by atoms with Gasteiger partial charge in [0.15, 0.2) is 0 Å². The van der Waals surface area contributed by atoms with Crippen molar-refractivity contribution in [3.05, 3.63) is 65.2 Å². The number of rotatable bonds is 10. The maximum Gasteiger partial charge on any atom is 0.251 e. The summed E-state index contributed by atoms with van der Waals surface area (Å²) < 4.78 is 11.1. The van der Waals surface area contributed by atoms with Crippen LogP contribution in [0.2, 0.25) is 0 Å². The number of amides is 1. The summed E-state index contributed by atoms with van der Waals surface area (Å²) in [7, 11) is 1.63. The summed E-state index contributed by atoms with van der Waals surface area (Å²) in [6, 6.07) is 15.9. The summed E-state index contributed by atoms with van der Waals surface area (Å²) in [5.74, 6) is 1.14. The van der Waals surface area contributed by atoms with Gasteiger partial charge < -0.3 is 14.8 Å². The third-order valence-electron chi connectivity index (χ3n) is 4.34. The molecule has 0 aliphatic heterocycles. The largest absolute Gasteiger partial charge is 0.496 e. The lowest BCUT2D eigenvalue weighted by Crippen LogP contribution is -2.33. The van der Waals surface area contributed by atoms with Crippen molar-refractivity contribution in [1.82, 2.24) is 5.32 Å². The Morgan fingerprint density at radius 3 is 2.48 bits per heavy atom. The van der Waals surface area contributed by atoms with E-state index in [4.69, 9.17) is 9.47 Å². The average molecular weight is 370 g/mol. The lowest BCUT2D eigenvalue weighted by atomic mass is 10.1. The minimum Gasteiger partial charge on any atom is -0.496 e. The number of ether oxygens (including phenoxy) is 2. The van der Waals surface area contributed by atoms with E-state index >= 15 is 0 Å². The summed E-state index contributed by atoms with van der Waals surface area (Å²) in [5, 5.41) is 3.08. The molecule has 1 N–H and O–H groups in total. The maximum atomic E-state index is 12.6. The normalized spacial score (nSPS) is 12.0. The maximum absolute atomic E-state index is 12.6. The van der Waals surface area contributed by atoms with Crippen LogP contribution in [0, 0.1) is 5.92 Å². The quantitative estimate of drug-likeness (QED) is 0.665. The second kappa shape index (κ2) is 10.7. The van der Waals surface area contributed by atoms with E-state index in [0.717, 1.165) is 24.2 Å². The van der Waals surface area contributed by atoms with Crippen LogP contribution in [0.1, 0.15) is 48.7 Å². The summed E-state index contributed by atoms with van der Waals surface area (Å²) >= 11 is 0. The highest BCUT2D eigenvalue weighted by molar-refractivity contribution is 5.94. The van der Waals surface area contributed by atoms with E-state index in [1.165, 1.54) is 5.56 Å². The van der Waals surface area contributed by atoms with Gasteiger partial charge in [0.05, 0.1) is 13.7 Å². The number of hydrogen-bond donors (Lipinski definition) is 1. The van der Waals surface area contributed by atoms with Gasteiger partial charge in [0, 0.05) is 23.8 Å². The third-order valence-corrected chi connectivity index (χ3v) is 4.34. The highest BCUT2D eigenvalue weighted by Crippen LogP contribution is 2.21. The molecule has 1 atom stereocenters. The zero-order valence-corrected chi connectivity index (χ0v) is 16.8. The number of carbonyl (C=O) groups excluding carboxylic acids is 1. The Balaban J connectivity index is 1.94. The number of nitrogens with one attached hydrogen (secondary N) is 1. The summed E-state index contributed by atoms with van der Waals surface area (Å²) in [6.45, 7) is 7.37. The molecule has 0 radical (unpaired) electrons. The Hall–Kier alpha value is -2.33. The van der Waals surface area contributed by atoms with Gasteiger partial charge in [-0.1, -0.05) is 44.2 Å². The molecule has 2 aromatic rings. The van der Waals surface area contributed by atoms with Crippen molar-refractivity contribution in [2.24, 2.45) is 5.92 Å². The van der Waals surface area contributed by atoms with Gasteiger partial charge in [-0.05, 0) is 49.4 Å². The Morgan fingerprint density at radius 1 is 1.07 bits per heavy atom.